The number of hydrogen-bond donors (Lipinski definition) is 2. The summed E-state index contributed by atoms with van der Waals surface area (Å²) < 4.78 is 1.03. The fraction of sp³-hybridized carbons (Fsp3) is 0.235. The summed E-state index contributed by atoms with van der Waals surface area (Å²) in [5.41, 5.74) is 0.947. The monoisotopic (exact) mass is 371 g/mol. The Hall–Kier alpha value is -2.21. The first-order valence-electron chi connectivity index (χ1n) is 7.62. The summed E-state index contributed by atoms with van der Waals surface area (Å²) in [6.45, 7) is 1.79. The Labute approximate surface area is 143 Å². The van der Waals surface area contributed by atoms with Gasteiger partial charge in [0, 0.05) is 29.1 Å². The molecule has 0 saturated heterocycles. The fourth-order valence-corrected chi connectivity index (χ4v) is 2.67. The zero-order valence-corrected chi connectivity index (χ0v) is 14.3. The van der Waals surface area contributed by atoms with Crippen LogP contribution in [-0.4, -0.2) is 28.0 Å². The van der Waals surface area contributed by atoms with Crippen molar-refractivity contribution in [3.63, 3.8) is 0 Å². The van der Waals surface area contributed by atoms with Gasteiger partial charge in [0.05, 0.1) is 5.52 Å². The third kappa shape index (κ3) is 4.39. The molecule has 0 aliphatic heterocycles. The van der Waals surface area contributed by atoms with Crippen LogP contribution in [0.1, 0.15) is 12.8 Å². The quantitative estimate of drug-likeness (QED) is 0.612. The maximum Gasteiger partial charge on any atom is 0.137 e. The maximum atomic E-state index is 4.34. The topological polar surface area (TPSA) is 62.7 Å². The lowest BCUT2D eigenvalue weighted by Gasteiger charge is -2.09. The molecular formula is C17H18BrN5. The zero-order chi connectivity index (χ0) is 15.9. The molecule has 118 valence electrons. The highest BCUT2D eigenvalue weighted by atomic mass is 79.9. The maximum absolute atomic E-state index is 4.34. The van der Waals surface area contributed by atoms with Crippen LogP contribution in [0.3, 0.4) is 0 Å². The van der Waals surface area contributed by atoms with Gasteiger partial charge in [-0.2, -0.15) is 0 Å². The molecule has 2 N–H and O–H groups in total. The number of halogens is 1. The van der Waals surface area contributed by atoms with E-state index in [1.807, 2.05) is 36.4 Å². The van der Waals surface area contributed by atoms with E-state index in [1.54, 1.807) is 12.5 Å². The smallest absolute Gasteiger partial charge is 0.137 e. The molecule has 3 aromatic rings. The van der Waals surface area contributed by atoms with Crippen LogP contribution >= 0.6 is 15.9 Å². The Morgan fingerprint density at radius 2 is 1.78 bits per heavy atom. The average molecular weight is 372 g/mol. The molecule has 0 spiro atoms. The number of aromatic nitrogens is 3. The first kappa shape index (κ1) is 15.7. The Morgan fingerprint density at radius 1 is 0.913 bits per heavy atom. The molecule has 0 saturated carbocycles. The first-order chi connectivity index (χ1) is 11.3. The molecular weight excluding hydrogens is 354 g/mol. The predicted octanol–water partition coefficient (Wildman–Crippen LogP) is 4.09. The van der Waals surface area contributed by atoms with Gasteiger partial charge in [-0.25, -0.2) is 15.0 Å². The molecule has 0 bridgehead atoms. The van der Waals surface area contributed by atoms with E-state index in [0.717, 1.165) is 52.9 Å². The summed E-state index contributed by atoms with van der Waals surface area (Å²) in [6, 6.07) is 11.9. The van der Waals surface area contributed by atoms with Crippen molar-refractivity contribution in [1.29, 1.82) is 0 Å². The summed E-state index contributed by atoms with van der Waals surface area (Å²) in [5, 5.41) is 7.74. The van der Waals surface area contributed by atoms with Crippen LogP contribution in [0.2, 0.25) is 0 Å². The lowest BCUT2D eigenvalue weighted by atomic mass is 10.2. The molecule has 2 aromatic heterocycles. The van der Waals surface area contributed by atoms with Crippen molar-refractivity contribution in [3.8, 4) is 0 Å². The van der Waals surface area contributed by atoms with Gasteiger partial charge in [0.25, 0.3) is 0 Å². The van der Waals surface area contributed by atoms with Gasteiger partial charge in [0.2, 0.25) is 0 Å². The highest BCUT2D eigenvalue weighted by molar-refractivity contribution is 9.10. The number of anilines is 2. The predicted molar refractivity (Wildman–Crippen MR) is 97.7 cm³/mol. The second-order valence-corrected chi connectivity index (χ2v) is 6.08. The molecule has 0 aliphatic carbocycles. The van der Waals surface area contributed by atoms with Gasteiger partial charge in [-0.3, -0.25) is 0 Å². The SMILES string of the molecule is Brc1ccc2ncnc(NCCCCNc3ccccn3)c2c1. The zero-order valence-electron chi connectivity index (χ0n) is 12.7. The Bertz CT molecular complexity index is 763. The van der Waals surface area contributed by atoms with Crippen molar-refractivity contribution < 1.29 is 0 Å². The number of pyridine rings is 1. The number of nitrogens with one attached hydrogen (secondary N) is 2. The van der Waals surface area contributed by atoms with Crippen LogP contribution in [0.5, 0.6) is 0 Å². The van der Waals surface area contributed by atoms with E-state index >= 15 is 0 Å². The second kappa shape index (κ2) is 7.87. The van der Waals surface area contributed by atoms with E-state index in [-0.39, 0.29) is 0 Å². The number of benzene rings is 1. The Balaban J connectivity index is 1.47. The van der Waals surface area contributed by atoms with Gasteiger partial charge < -0.3 is 10.6 Å². The van der Waals surface area contributed by atoms with Crippen LogP contribution < -0.4 is 10.6 Å². The van der Waals surface area contributed by atoms with Gasteiger partial charge in [-0.05, 0) is 43.2 Å². The summed E-state index contributed by atoms with van der Waals surface area (Å²) >= 11 is 3.49. The minimum Gasteiger partial charge on any atom is -0.370 e. The van der Waals surface area contributed by atoms with Crippen LogP contribution in [0.25, 0.3) is 10.9 Å². The molecule has 6 heteroatoms. The van der Waals surface area contributed by atoms with E-state index in [4.69, 9.17) is 0 Å². The lowest BCUT2D eigenvalue weighted by Crippen LogP contribution is -2.08. The molecule has 0 atom stereocenters. The second-order valence-electron chi connectivity index (χ2n) is 5.16. The number of unbranched alkanes of at least 4 members (excludes halogenated alkanes) is 1. The number of hydrogen-bond acceptors (Lipinski definition) is 5. The van der Waals surface area contributed by atoms with Gasteiger partial charge in [-0.1, -0.05) is 22.0 Å². The Morgan fingerprint density at radius 3 is 2.61 bits per heavy atom. The summed E-state index contributed by atoms with van der Waals surface area (Å²) in [6.07, 6.45) is 5.51. The van der Waals surface area contributed by atoms with Gasteiger partial charge >= 0.3 is 0 Å². The third-order valence-electron chi connectivity index (χ3n) is 3.46. The standard InChI is InChI=1S/C17H18BrN5/c18-13-6-7-15-14(11-13)17(23-12-22-15)21-10-4-3-9-20-16-5-1-2-8-19-16/h1-2,5-8,11-12H,3-4,9-10H2,(H,19,20)(H,21,22,23). The van der Waals surface area contributed by atoms with Crippen LogP contribution in [0.15, 0.2) is 53.4 Å². The molecule has 3 rings (SSSR count). The van der Waals surface area contributed by atoms with E-state index in [1.165, 1.54) is 0 Å². The fourth-order valence-electron chi connectivity index (χ4n) is 2.31. The van der Waals surface area contributed by atoms with Crippen LogP contribution in [0, 0.1) is 0 Å². The molecule has 0 aliphatic rings. The molecule has 0 unspecified atom stereocenters. The molecule has 0 amide bonds. The normalized spacial score (nSPS) is 10.7. The van der Waals surface area contributed by atoms with E-state index in [9.17, 15) is 0 Å². The van der Waals surface area contributed by atoms with Gasteiger partial charge in [0.15, 0.2) is 0 Å². The molecule has 23 heavy (non-hydrogen) atoms. The third-order valence-corrected chi connectivity index (χ3v) is 3.96. The largest absolute Gasteiger partial charge is 0.370 e. The molecule has 0 radical (unpaired) electrons. The first-order valence-corrected chi connectivity index (χ1v) is 8.41. The molecule has 2 heterocycles. The van der Waals surface area contributed by atoms with E-state index in [2.05, 4.69) is 41.5 Å². The molecule has 0 fully saturated rings. The van der Waals surface area contributed by atoms with E-state index < -0.39 is 0 Å². The van der Waals surface area contributed by atoms with Crippen LogP contribution in [-0.2, 0) is 0 Å². The van der Waals surface area contributed by atoms with Gasteiger partial charge in [0.1, 0.15) is 18.0 Å². The van der Waals surface area contributed by atoms with Crippen molar-refractivity contribution in [3.05, 3.63) is 53.4 Å². The number of fused-ring (bicyclic) bond motifs is 1. The number of nitrogens with zero attached hydrogens (tertiary/aromatic N) is 3. The van der Waals surface area contributed by atoms with Crippen molar-refractivity contribution in [1.82, 2.24) is 15.0 Å². The van der Waals surface area contributed by atoms with E-state index in [0.29, 0.717) is 0 Å². The highest BCUT2D eigenvalue weighted by Crippen LogP contribution is 2.23. The van der Waals surface area contributed by atoms with Gasteiger partial charge in [-0.15, -0.1) is 0 Å². The van der Waals surface area contributed by atoms with Crippen LogP contribution in [0.4, 0.5) is 11.6 Å². The lowest BCUT2D eigenvalue weighted by molar-refractivity contribution is 0.792. The van der Waals surface area contributed by atoms with Crippen molar-refractivity contribution in [2.75, 3.05) is 23.7 Å². The summed E-state index contributed by atoms with van der Waals surface area (Å²) in [5.74, 6) is 1.81. The summed E-state index contributed by atoms with van der Waals surface area (Å²) in [4.78, 5) is 12.9. The minimum absolute atomic E-state index is 0.878. The minimum atomic E-state index is 0.878. The van der Waals surface area contributed by atoms with Crippen molar-refractivity contribution in [2.24, 2.45) is 0 Å². The summed E-state index contributed by atoms with van der Waals surface area (Å²) in [7, 11) is 0. The molecule has 1 aromatic carbocycles. The number of rotatable bonds is 7. The van der Waals surface area contributed by atoms with Crippen molar-refractivity contribution in [2.45, 2.75) is 12.8 Å². The average Bonchev–Trinajstić information content (AvgIpc) is 2.59. The van der Waals surface area contributed by atoms with Crippen molar-refractivity contribution >= 4 is 38.5 Å². The highest BCUT2D eigenvalue weighted by Gasteiger charge is 2.03. The Kier molecular flexibility index (Phi) is 5.37. The molecule has 5 nitrogen and oxygen atoms in total.